The Kier molecular flexibility index (Phi) is 3.89. The average molecular weight is 301 g/mol. The molecule has 1 unspecified atom stereocenters. The minimum absolute atomic E-state index is 0.357. The SMILES string of the molecule is CN1CCCCC1Cn1cc(Br)cc1C(=O)O. The van der Waals surface area contributed by atoms with Gasteiger partial charge in [0.1, 0.15) is 5.69 Å². The average Bonchev–Trinajstić information content (AvgIpc) is 2.63. The van der Waals surface area contributed by atoms with Crippen molar-refractivity contribution in [1.29, 1.82) is 0 Å². The topological polar surface area (TPSA) is 45.5 Å². The van der Waals surface area contributed by atoms with Crippen LogP contribution in [0.2, 0.25) is 0 Å². The van der Waals surface area contributed by atoms with Crippen LogP contribution in [0.4, 0.5) is 0 Å². The van der Waals surface area contributed by atoms with Gasteiger partial charge in [-0.1, -0.05) is 6.42 Å². The number of hydrogen-bond donors (Lipinski definition) is 1. The number of carboxylic acid groups (broad SMARTS) is 1. The molecule has 1 aromatic rings. The minimum Gasteiger partial charge on any atom is -0.477 e. The summed E-state index contributed by atoms with van der Waals surface area (Å²) in [5.74, 6) is -0.867. The molecule has 1 N–H and O–H groups in total. The van der Waals surface area contributed by atoms with Crippen LogP contribution in [-0.4, -0.2) is 40.2 Å². The summed E-state index contributed by atoms with van der Waals surface area (Å²) >= 11 is 3.33. The molecule has 2 heterocycles. The van der Waals surface area contributed by atoms with Crippen LogP contribution in [0.5, 0.6) is 0 Å². The molecule has 0 bridgehead atoms. The Morgan fingerprint density at radius 1 is 1.59 bits per heavy atom. The van der Waals surface area contributed by atoms with Gasteiger partial charge in [0.05, 0.1) is 0 Å². The fourth-order valence-corrected chi connectivity index (χ4v) is 2.87. The molecule has 17 heavy (non-hydrogen) atoms. The number of carboxylic acids is 1. The lowest BCUT2D eigenvalue weighted by Crippen LogP contribution is -2.39. The number of likely N-dealkylation sites (N-methyl/N-ethyl adjacent to an activating group) is 1. The van der Waals surface area contributed by atoms with Crippen molar-refractivity contribution in [2.45, 2.75) is 31.8 Å². The number of piperidine rings is 1. The third-order valence-electron chi connectivity index (χ3n) is 3.41. The molecule has 0 aliphatic carbocycles. The van der Waals surface area contributed by atoms with Gasteiger partial charge in [-0.05, 0) is 48.4 Å². The minimum atomic E-state index is -0.867. The number of likely N-dealkylation sites (tertiary alicyclic amines) is 1. The summed E-state index contributed by atoms with van der Waals surface area (Å²) in [6.45, 7) is 1.86. The normalized spacial score (nSPS) is 21.6. The van der Waals surface area contributed by atoms with E-state index < -0.39 is 5.97 Å². The number of carbonyl (C=O) groups is 1. The first kappa shape index (κ1) is 12.6. The summed E-state index contributed by atoms with van der Waals surface area (Å²) in [6.07, 6.45) is 5.48. The van der Waals surface area contributed by atoms with Crippen LogP contribution in [0, 0.1) is 0 Å². The summed E-state index contributed by atoms with van der Waals surface area (Å²) in [7, 11) is 2.11. The standard InChI is InChI=1S/C12H17BrN2O2/c1-14-5-3-2-4-10(14)8-15-7-9(13)6-11(15)12(16)17/h6-7,10H,2-5,8H2,1H3,(H,16,17). The molecule has 1 saturated heterocycles. The van der Waals surface area contributed by atoms with E-state index in [1.807, 2.05) is 10.8 Å². The highest BCUT2D eigenvalue weighted by Crippen LogP contribution is 2.20. The van der Waals surface area contributed by atoms with Gasteiger partial charge in [0.25, 0.3) is 0 Å². The summed E-state index contributed by atoms with van der Waals surface area (Å²) in [4.78, 5) is 13.4. The Morgan fingerprint density at radius 2 is 2.35 bits per heavy atom. The van der Waals surface area contributed by atoms with Crippen LogP contribution in [0.15, 0.2) is 16.7 Å². The third-order valence-corrected chi connectivity index (χ3v) is 3.84. The second-order valence-corrected chi connectivity index (χ2v) is 5.55. The summed E-state index contributed by atoms with van der Waals surface area (Å²) in [5.41, 5.74) is 0.357. The predicted octanol–water partition coefficient (Wildman–Crippen LogP) is 2.43. The monoisotopic (exact) mass is 300 g/mol. The Labute approximate surface area is 109 Å². The highest BCUT2D eigenvalue weighted by Gasteiger charge is 2.21. The van der Waals surface area contributed by atoms with Crippen molar-refractivity contribution in [2.75, 3.05) is 13.6 Å². The largest absolute Gasteiger partial charge is 0.477 e. The molecule has 0 radical (unpaired) electrons. The molecule has 1 aliphatic heterocycles. The van der Waals surface area contributed by atoms with Crippen LogP contribution in [0.1, 0.15) is 29.8 Å². The fourth-order valence-electron chi connectivity index (χ4n) is 2.41. The lowest BCUT2D eigenvalue weighted by atomic mass is 10.0. The molecule has 0 saturated carbocycles. The van der Waals surface area contributed by atoms with Crippen LogP contribution in [0.25, 0.3) is 0 Å². The highest BCUT2D eigenvalue weighted by molar-refractivity contribution is 9.10. The molecule has 5 heteroatoms. The molecular weight excluding hydrogens is 284 g/mol. The van der Waals surface area contributed by atoms with Gasteiger partial charge in [0.15, 0.2) is 0 Å². The van der Waals surface area contributed by atoms with Gasteiger partial charge in [-0.2, -0.15) is 0 Å². The van der Waals surface area contributed by atoms with E-state index in [-0.39, 0.29) is 0 Å². The van der Waals surface area contributed by atoms with E-state index in [1.54, 1.807) is 6.07 Å². The molecule has 1 fully saturated rings. The second kappa shape index (κ2) is 5.23. The molecule has 0 spiro atoms. The van der Waals surface area contributed by atoms with E-state index in [9.17, 15) is 4.79 Å². The van der Waals surface area contributed by atoms with E-state index in [4.69, 9.17) is 5.11 Å². The lowest BCUT2D eigenvalue weighted by molar-refractivity contribution is 0.0681. The molecule has 0 aromatic carbocycles. The van der Waals surface area contributed by atoms with Crippen molar-refractivity contribution in [3.63, 3.8) is 0 Å². The summed E-state index contributed by atoms with van der Waals surface area (Å²) < 4.78 is 2.66. The van der Waals surface area contributed by atoms with E-state index in [0.29, 0.717) is 11.7 Å². The molecule has 1 aromatic heterocycles. The van der Waals surface area contributed by atoms with Gasteiger partial charge >= 0.3 is 5.97 Å². The Bertz CT molecular complexity index is 417. The van der Waals surface area contributed by atoms with E-state index in [2.05, 4.69) is 27.9 Å². The maximum Gasteiger partial charge on any atom is 0.352 e. The van der Waals surface area contributed by atoms with Gasteiger partial charge in [-0.25, -0.2) is 4.79 Å². The predicted molar refractivity (Wildman–Crippen MR) is 69.4 cm³/mol. The fraction of sp³-hybridized carbons (Fsp3) is 0.583. The summed E-state index contributed by atoms with van der Waals surface area (Å²) in [5, 5.41) is 9.12. The van der Waals surface area contributed by atoms with Crippen LogP contribution < -0.4 is 0 Å². The zero-order valence-corrected chi connectivity index (χ0v) is 11.5. The van der Waals surface area contributed by atoms with E-state index in [0.717, 1.165) is 24.0 Å². The van der Waals surface area contributed by atoms with Crippen molar-refractivity contribution >= 4 is 21.9 Å². The van der Waals surface area contributed by atoms with Crippen LogP contribution >= 0.6 is 15.9 Å². The maximum absolute atomic E-state index is 11.1. The highest BCUT2D eigenvalue weighted by atomic mass is 79.9. The smallest absolute Gasteiger partial charge is 0.352 e. The van der Waals surface area contributed by atoms with E-state index in [1.165, 1.54) is 12.8 Å². The van der Waals surface area contributed by atoms with E-state index >= 15 is 0 Å². The molecular formula is C12H17BrN2O2. The number of nitrogens with zero attached hydrogens (tertiary/aromatic N) is 2. The molecule has 0 amide bonds. The Hall–Kier alpha value is -0.810. The maximum atomic E-state index is 11.1. The first-order valence-corrected chi connectivity index (χ1v) is 6.66. The van der Waals surface area contributed by atoms with Crippen molar-refractivity contribution in [3.8, 4) is 0 Å². The van der Waals surface area contributed by atoms with Gasteiger partial charge in [0.2, 0.25) is 0 Å². The Morgan fingerprint density at radius 3 is 3.00 bits per heavy atom. The molecule has 2 rings (SSSR count). The lowest BCUT2D eigenvalue weighted by Gasteiger charge is -2.32. The number of rotatable bonds is 3. The van der Waals surface area contributed by atoms with Crippen molar-refractivity contribution in [3.05, 3.63) is 22.4 Å². The van der Waals surface area contributed by atoms with Crippen LogP contribution in [0.3, 0.4) is 0 Å². The zero-order chi connectivity index (χ0) is 12.4. The number of aromatic carboxylic acids is 1. The first-order valence-electron chi connectivity index (χ1n) is 5.87. The number of hydrogen-bond acceptors (Lipinski definition) is 2. The Balaban J connectivity index is 2.14. The summed E-state index contributed by atoms with van der Waals surface area (Å²) in [6, 6.07) is 2.10. The first-order chi connectivity index (χ1) is 8.08. The third kappa shape index (κ3) is 2.90. The van der Waals surface area contributed by atoms with Crippen LogP contribution in [-0.2, 0) is 6.54 Å². The van der Waals surface area contributed by atoms with Gasteiger partial charge < -0.3 is 14.6 Å². The number of aromatic nitrogens is 1. The van der Waals surface area contributed by atoms with Crippen molar-refractivity contribution in [1.82, 2.24) is 9.47 Å². The quantitative estimate of drug-likeness (QED) is 0.932. The number of halogens is 1. The van der Waals surface area contributed by atoms with Gasteiger partial charge in [-0.3, -0.25) is 0 Å². The molecule has 1 atom stereocenters. The second-order valence-electron chi connectivity index (χ2n) is 4.63. The molecule has 94 valence electrons. The molecule has 4 nitrogen and oxygen atoms in total. The zero-order valence-electron chi connectivity index (χ0n) is 9.90. The molecule has 1 aliphatic rings. The van der Waals surface area contributed by atoms with Gasteiger partial charge in [-0.15, -0.1) is 0 Å². The van der Waals surface area contributed by atoms with Crippen molar-refractivity contribution in [2.24, 2.45) is 0 Å². The van der Waals surface area contributed by atoms with Gasteiger partial charge in [0, 0.05) is 23.3 Å². The van der Waals surface area contributed by atoms with Crippen molar-refractivity contribution < 1.29 is 9.90 Å².